The lowest BCUT2D eigenvalue weighted by molar-refractivity contribution is -0.135. The molecular weight excluding hydrogens is 194 g/mol. The van der Waals surface area contributed by atoms with Gasteiger partial charge in [0, 0.05) is 0 Å². The molecule has 0 fully saturated rings. The van der Waals surface area contributed by atoms with Crippen LogP contribution < -0.4 is 0 Å². The second-order valence-corrected chi connectivity index (χ2v) is 3.38. The molecule has 76 valence electrons. The summed E-state index contributed by atoms with van der Waals surface area (Å²) in [6, 6.07) is 0. The van der Waals surface area contributed by atoms with Crippen molar-refractivity contribution in [2.45, 2.75) is 6.42 Å². The first-order chi connectivity index (χ1) is 7.16. The minimum absolute atomic E-state index is 0.209. The molecule has 0 radical (unpaired) electrons. The van der Waals surface area contributed by atoms with Crippen molar-refractivity contribution in [3.8, 4) is 0 Å². The summed E-state index contributed by atoms with van der Waals surface area (Å²) in [5.74, 6) is -1.59. The van der Waals surface area contributed by atoms with Gasteiger partial charge in [-0.05, 0) is 11.6 Å². The van der Waals surface area contributed by atoms with E-state index >= 15 is 0 Å². The zero-order chi connectivity index (χ0) is 10.8. The molecule has 2 aliphatic rings. The zero-order valence-corrected chi connectivity index (χ0v) is 7.88. The summed E-state index contributed by atoms with van der Waals surface area (Å²) in [7, 11) is 0. The Morgan fingerprint density at radius 2 is 2.27 bits per heavy atom. The number of allylic oxidation sites excluding steroid dienone is 4. The summed E-state index contributed by atoms with van der Waals surface area (Å²) in [5.41, 5.74) is 1.13. The smallest absolute Gasteiger partial charge is 0.309 e. The van der Waals surface area contributed by atoms with Crippen LogP contribution in [0.1, 0.15) is 6.42 Å². The molecule has 0 aromatic rings. The summed E-state index contributed by atoms with van der Waals surface area (Å²) >= 11 is 0. The van der Waals surface area contributed by atoms with Gasteiger partial charge in [-0.3, -0.25) is 9.59 Å². The van der Waals surface area contributed by atoms with E-state index in [1.54, 1.807) is 24.3 Å². The molecule has 1 N–H and O–H groups in total. The number of carbonyl (C=O) groups is 2. The molecule has 0 aromatic heterocycles. The van der Waals surface area contributed by atoms with Crippen molar-refractivity contribution in [2.75, 3.05) is 0 Å². The molecule has 0 saturated heterocycles. The number of amides is 1. The van der Waals surface area contributed by atoms with Crippen molar-refractivity contribution in [2.24, 2.45) is 10.9 Å². The van der Waals surface area contributed by atoms with E-state index in [0.29, 0.717) is 5.71 Å². The van der Waals surface area contributed by atoms with Crippen molar-refractivity contribution in [1.82, 2.24) is 0 Å². The fourth-order valence-electron chi connectivity index (χ4n) is 1.60. The van der Waals surface area contributed by atoms with E-state index in [0.717, 1.165) is 5.57 Å². The van der Waals surface area contributed by atoms with Crippen molar-refractivity contribution >= 4 is 17.6 Å². The summed E-state index contributed by atoms with van der Waals surface area (Å²) in [6.45, 7) is 0. The van der Waals surface area contributed by atoms with Gasteiger partial charge < -0.3 is 5.11 Å². The van der Waals surface area contributed by atoms with Crippen LogP contribution in [0.25, 0.3) is 0 Å². The van der Waals surface area contributed by atoms with Gasteiger partial charge in [-0.2, -0.15) is 0 Å². The molecule has 0 aromatic carbocycles. The van der Waals surface area contributed by atoms with Crippen LogP contribution in [-0.4, -0.2) is 22.7 Å². The topological polar surface area (TPSA) is 66.7 Å². The first-order valence-corrected chi connectivity index (χ1v) is 4.56. The molecule has 15 heavy (non-hydrogen) atoms. The number of hydrogen-bond donors (Lipinski definition) is 1. The maximum Gasteiger partial charge on any atom is 0.309 e. The summed E-state index contributed by atoms with van der Waals surface area (Å²) in [4.78, 5) is 25.7. The van der Waals surface area contributed by atoms with Crippen LogP contribution in [0, 0.1) is 5.92 Å². The normalized spacial score (nSPS) is 23.2. The lowest BCUT2D eigenvalue weighted by Crippen LogP contribution is -2.21. The molecule has 0 saturated carbocycles. The van der Waals surface area contributed by atoms with Gasteiger partial charge in [-0.15, -0.1) is 0 Å². The minimum atomic E-state index is -0.979. The Hall–Kier alpha value is -1.97. The summed E-state index contributed by atoms with van der Waals surface area (Å²) < 4.78 is 0. The maximum atomic E-state index is 11.5. The van der Waals surface area contributed by atoms with E-state index in [4.69, 9.17) is 5.11 Å². The molecule has 4 heteroatoms. The van der Waals surface area contributed by atoms with E-state index in [1.807, 2.05) is 6.08 Å². The molecule has 0 spiro atoms. The fraction of sp³-hybridized carbons (Fsp3) is 0.182. The number of dihydropyridines is 1. The van der Waals surface area contributed by atoms with Crippen LogP contribution in [0.15, 0.2) is 40.9 Å². The van der Waals surface area contributed by atoms with Gasteiger partial charge in [0.1, 0.15) is 0 Å². The van der Waals surface area contributed by atoms with E-state index in [-0.39, 0.29) is 18.2 Å². The van der Waals surface area contributed by atoms with Gasteiger partial charge in [0.2, 0.25) is 0 Å². The third kappa shape index (κ3) is 1.93. The second-order valence-electron chi connectivity index (χ2n) is 3.38. The molecule has 1 aliphatic heterocycles. The Kier molecular flexibility index (Phi) is 2.33. The van der Waals surface area contributed by atoms with Gasteiger partial charge >= 0.3 is 5.97 Å². The Morgan fingerprint density at radius 3 is 3.00 bits per heavy atom. The average molecular weight is 203 g/mol. The number of carboxylic acid groups (broad SMARTS) is 1. The summed E-state index contributed by atoms with van der Waals surface area (Å²) in [5, 5.41) is 8.59. The predicted molar refractivity (Wildman–Crippen MR) is 54.5 cm³/mol. The zero-order valence-electron chi connectivity index (χ0n) is 7.88. The number of carboxylic acids is 1. The third-order valence-corrected chi connectivity index (χ3v) is 2.25. The van der Waals surface area contributed by atoms with Gasteiger partial charge in [-0.1, -0.05) is 24.3 Å². The molecule has 1 aliphatic carbocycles. The Labute approximate surface area is 86.3 Å². The third-order valence-electron chi connectivity index (χ3n) is 2.25. The SMILES string of the molecule is O=C(O)CC1=NC(=O)C2C=CC=CC2=C1. The molecule has 0 bridgehead atoms. The van der Waals surface area contributed by atoms with Crippen LogP contribution in [0.2, 0.25) is 0 Å². The number of fused-ring (bicyclic) bond motifs is 1. The van der Waals surface area contributed by atoms with E-state index in [2.05, 4.69) is 4.99 Å². The Bertz CT molecular complexity index is 441. The van der Waals surface area contributed by atoms with Crippen LogP contribution in [-0.2, 0) is 9.59 Å². The highest BCUT2D eigenvalue weighted by molar-refractivity contribution is 6.13. The molecular formula is C11H9NO3. The predicted octanol–water partition coefficient (Wildman–Crippen LogP) is 1.11. The van der Waals surface area contributed by atoms with Crippen LogP contribution in [0.4, 0.5) is 0 Å². The number of aliphatic imine (C=N–C) groups is 1. The van der Waals surface area contributed by atoms with Gasteiger partial charge in [0.25, 0.3) is 5.91 Å². The fourth-order valence-corrected chi connectivity index (χ4v) is 1.60. The second kappa shape index (κ2) is 3.65. The first-order valence-electron chi connectivity index (χ1n) is 4.56. The van der Waals surface area contributed by atoms with Crippen molar-refractivity contribution in [3.63, 3.8) is 0 Å². The number of rotatable bonds is 2. The number of nitrogens with zero attached hydrogens (tertiary/aromatic N) is 1. The van der Waals surface area contributed by atoms with Gasteiger partial charge in [-0.25, -0.2) is 4.99 Å². The van der Waals surface area contributed by atoms with E-state index < -0.39 is 5.97 Å². The Balaban J connectivity index is 2.29. The number of hydrogen-bond acceptors (Lipinski definition) is 2. The quantitative estimate of drug-likeness (QED) is 0.731. The molecule has 4 nitrogen and oxygen atoms in total. The highest BCUT2D eigenvalue weighted by Gasteiger charge is 2.24. The largest absolute Gasteiger partial charge is 0.481 e. The Morgan fingerprint density at radius 1 is 1.47 bits per heavy atom. The monoisotopic (exact) mass is 203 g/mol. The number of aliphatic carboxylic acids is 1. The standard InChI is InChI=1S/C11H9NO3/c13-10(14)6-8-5-7-3-1-2-4-9(7)11(15)12-8/h1-5,9H,6H2,(H,13,14). The summed E-state index contributed by atoms with van der Waals surface area (Å²) in [6.07, 6.45) is 8.63. The van der Waals surface area contributed by atoms with Crippen LogP contribution in [0.5, 0.6) is 0 Å². The highest BCUT2D eigenvalue weighted by Crippen LogP contribution is 2.24. The van der Waals surface area contributed by atoms with Crippen molar-refractivity contribution in [3.05, 3.63) is 36.0 Å². The van der Waals surface area contributed by atoms with Crippen LogP contribution >= 0.6 is 0 Å². The maximum absolute atomic E-state index is 11.5. The van der Waals surface area contributed by atoms with Crippen LogP contribution in [0.3, 0.4) is 0 Å². The lowest BCUT2D eigenvalue weighted by atomic mass is 9.90. The molecule has 1 unspecified atom stereocenters. The first kappa shape index (κ1) is 9.58. The molecule has 1 heterocycles. The molecule has 2 rings (SSSR count). The van der Waals surface area contributed by atoms with Gasteiger partial charge in [0.15, 0.2) is 0 Å². The van der Waals surface area contributed by atoms with E-state index in [9.17, 15) is 9.59 Å². The lowest BCUT2D eigenvalue weighted by Gasteiger charge is -2.18. The van der Waals surface area contributed by atoms with Crippen molar-refractivity contribution < 1.29 is 14.7 Å². The minimum Gasteiger partial charge on any atom is -0.481 e. The average Bonchev–Trinajstić information content (AvgIpc) is 2.16. The van der Waals surface area contributed by atoms with Crippen molar-refractivity contribution in [1.29, 1.82) is 0 Å². The molecule has 1 atom stereocenters. The van der Waals surface area contributed by atoms with E-state index in [1.165, 1.54) is 0 Å². The molecule has 1 amide bonds. The highest BCUT2D eigenvalue weighted by atomic mass is 16.4. The van der Waals surface area contributed by atoms with Gasteiger partial charge in [0.05, 0.1) is 18.1 Å². The number of carbonyl (C=O) groups excluding carboxylic acids is 1.